The van der Waals surface area contributed by atoms with E-state index in [0.717, 1.165) is 13.0 Å². The van der Waals surface area contributed by atoms with Crippen molar-refractivity contribution >= 4 is 5.91 Å². The number of hydrogen-bond acceptors (Lipinski definition) is 3. The topological polar surface area (TPSA) is 58.4 Å². The second-order valence-corrected chi connectivity index (χ2v) is 6.86. The molecule has 4 nitrogen and oxygen atoms in total. The van der Waals surface area contributed by atoms with Crippen LogP contribution in [0.5, 0.6) is 0 Å². The highest BCUT2D eigenvalue weighted by Gasteiger charge is 2.26. The van der Waals surface area contributed by atoms with Crippen molar-refractivity contribution in [2.24, 2.45) is 23.5 Å². The van der Waals surface area contributed by atoms with Gasteiger partial charge in [-0.25, -0.2) is 0 Å². The Hall–Kier alpha value is -0.610. The molecule has 0 spiro atoms. The first-order chi connectivity index (χ1) is 9.45. The minimum atomic E-state index is -0.0404. The van der Waals surface area contributed by atoms with Crippen molar-refractivity contribution in [2.45, 2.75) is 53.0 Å². The van der Waals surface area contributed by atoms with Crippen molar-refractivity contribution in [1.29, 1.82) is 0 Å². The van der Waals surface area contributed by atoms with E-state index < -0.39 is 0 Å². The Morgan fingerprint density at radius 1 is 1.20 bits per heavy atom. The zero-order valence-electron chi connectivity index (χ0n) is 13.7. The monoisotopic (exact) mass is 283 g/mol. The number of likely N-dealkylation sites (tertiary alicyclic amines) is 1. The van der Waals surface area contributed by atoms with Gasteiger partial charge in [0, 0.05) is 19.1 Å². The fraction of sp³-hybridized carbons (Fsp3) is 0.938. The molecule has 118 valence electrons. The van der Waals surface area contributed by atoms with Gasteiger partial charge in [0.25, 0.3) is 0 Å². The molecule has 1 aliphatic heterocycles. The van der Waals surface area contributed by atoms with Crippen LogP contribution in [0.25, 0.3) is 0 Å². The van der Waals surface area contributed by atoms with E-state index in [1.54, 1.807) is 0 Å². The van der Waals surface area contributed by atoms with Crippen LogP contribution in [0.2, 0.25) is 0 Å². The Morgan fingerprint density at radius 2 is 1.80 bits per heavy atom. The summed E-state index contributed by atoms with van der Waals surface area (Å²) in [6.45, 7) is 12.3. The second kappa shape index (κ2) is 8.63. The van der Waals surface area contributed by atoms with Crippen LogP contribution in [-0.4, -0.2) is 43.0 Å². The fourth-order valence-corrected chi connectivity index (χ4v) is 3.09. The smallest absolute Gasteiger partial charge is 0.224 e. The van der Waals surface area contributed by atoms with Crippen molar-refractivity contribution in [2.75, 3.05) is 26.2 Å². The summed E-state index contributed by atoms with van der Waals surface area (Å²) in [4.78, 5) is 14.8. The summed E-state index contributed by atoms with van der Waals surface area (Å²) in [6.07, 6.45) is 3.45. The van der Waals surface area contributed by atoms with Gasteiger partial charge in [-0.2, -0.15) is 0 Å². The first-order valence-corrected chi connectivity index (χ1v) is 8.17. The summed E-state index contributed by atoms with van der Waals surface area (Å²) in [5.74, 6) is 1.16. The van der Waals surface area contributed by atoms with Crippen molar-refractivity contribution in [3.05, 3.63) is 0 Å². The molecule has 3 N–H and O–H groups in total. The van der Waals surface area contributed by atoms with E-state index in [-0.39, 0.29) is 11.8 Å². The molecule has 1 fully saturated rings. The highest BCUT2D eigenvalue weighted by molar-refractivity contribution is 5.78. The van der Waals surface area contributed by atoms with Crippen LogP contribution in [0.3, 0.4) is 0 Å². The van der Waals surface area contributed by atoms with Crippen molar-refractivity contribution in [1.82, 2.24) is 10.2 Å². The minimum Gasteiger partial charge on any atom is -0.354 e. The first kappa shape index (κ1) is 17.4. The number of carbonyl (C=O) groups excluding carboxylic acids is 1. The van der Waals surface area contributed by atoms with E-state index in [1.165, 1.54) is 25.9 Å². The first-order valence-electron chi connectivity index (χ1n) is 8.17. The maximum Gasteiger partial charge on any atom is 0.224 e. The van der Waals surface area contributed by atoms with Crippen molar-refractivity contribution in [3.63, 3.8) is 0 Å². The van der Waals surface area contributed by atoms with Crippen LogP contribution < -0.4 is 11.1 Å². The number of nitrogens with one attached hydrogen (secondary N) is 1. The number of nitrogens with two attached hydrogens (primary N) is 1. The Balaban J connectivity index is 2.47. The zero-order valence-corrected chi connectivity index (χ0v) is 13.7. The molecular weight excluding hydrogens is 250 g/mol. The number of carbonyl (C=O) groups is 1. The average Bonchev–Trinajstić information content (AvgIpc) is 2.89. The molecule has 0 aliphatic carbocycles. The Kier molecular flexibility index (Phi) is 7.52. The second-order valence-electron chi connectivity index (χ2n) is 6.86. The molecule has 1 aliphatic rings. The van der Waals surface area contributed by atoms with Crippen LogP contribution in [0.15, 0.2) is 0 Å². The number of rotatable bonds is 8. The molecular formula is C16H33N3O. The lowest BCUT2D eigenvalue weighted by molar-refractivity contribution is -0.125. The molecule has 0 aromatic heterocycles. The number of hydrogen-bond donors (Lipinski definition) is 2. The lowest BCUT2D eigenvalue weighted by atomic mass is 9.96. The summed E-state index contributed by atoms with van der Waals surface area (Å²) in [5.41, 5.74) is 5.74. The van der Waals surface area contributed by atoms with Gasteiger partial charge in [0.1, 0.15) is 0 Å². The Labute approximate surface area is 124 Å². The van der Waals surface area contributed by atoms with Crippen LogP contribution >= 0.6 is 0 Å². The summed E-state index contributed by atoms with van der Waals surface area (Å²) < 4.78 is 0. The molecule has 20 heavy (non-hydrogen) atoms. The molecule has 0 bridgehead atoms. The van der Waals surface area contributed by atoms with E-state index >= 15 is 0 Å². The highest BCUT2D eigenvalue weighted by Crippen LogP contribution is 2.17. The lowest BCUT2D eigenvalue weighted by Crippen LogP contribution is -2.47. The molecule has 0 saturated carbocycles. The third-order valence-electron chi connectivity index (χ3n) is 4.28. The number of nitrogens with zero attached hydrogens (tertiary/aromatic N) is 1. The third-order valence-corrected chi connectivity index (χ3v) is 4.28. The van der Waals surface area contributed by atoms with E-state index in [9.17, 15) is 4.79 Å². The molecule has 1 heterocycles. The van der Waals surface area contributed by atoms with Gasteiger partial charge in [-0.1, -0.05) is 27.7 Å². The average molecular weight is 283 g/mol. The molecule has 0 radical (unpaired) electrons. The van der Waals surface area contributed by atoms with Crippen molar-refractivity contribution < 1.29 is 4.79 Å². The maximum atomic E-state index is 12.2. The molecule has 0 aromatic carbocycles. The zero-order chi connectivity index (χ0) is 15.1. The van der Waals surface area contributed by atoms with Crippen molar-refractivity contribution in [3.8, 4) is 0 Å². The summed E-state index contributed by atoms with van der Waals surface area (Å²) >= 11 is 0. The molecule has 4 heteroatoms. The van der Waals surface area contributed by atoms with Crippen LogP contribution in [-0.2, 0) is 4.79 Å². The van der Waals surface area contributed by atoms with E-state index in [4.69, 9.17) is 5.73 Å². The molecule has 2 atom stereocenters. The Morgan fingerprint density at radius 3 is 2.25 bits per heavy atom. The van der Waals surface area contributed by atoms with Crippen LogP contribution in [0.1, 0.15) is 47.0 Å². The summed E-state index contributed by atoms with van der Waals surface area (Å²) in [5, 5.41) is 3.14. The lowest BCUT2D eigenvalue weighted by Gasteiger charge is -2.31. The summed E-state index contributed by atoms with van der Waals surface area (Å²) in [6, 6.07) is 0.457. The molecule has 0 aromatic rings. The van der Waals surface area contributed by atoms with E-state index in [1.807, 2.05) is 0 Å². The number of amides is 1. The minimum absolute atomic E-state index is 0.0404. The Bertz CT molecular complexity index is 285. The van der Waals surface area contributed by atoms with Gasteiger partial charge in [0.05, 0.1) is 5.92 Å². The predicted octanol–water partition coefficient (Wildman–Crippen LogP) is 1.84. The fourth-order valence-electron chi connectivity index (χ4n) is 3.09. The predicted molar refractivity (Wildman–Crippen MR) is 84.4 cm³/mol. The van der Waals surface area contributed by atoms with E-state index in [0.29, 0.717) is 24.4 Å². The van der Waals surface area contributed by atoms with Gasteiger partial charge in [-0.05, 0) is 44.2 Å². The molecule has 2 unspecified atom stereocenters. The van der Waals surface area contributed by atoms with Gasteiger partial charge < -0.3 is 11.1 Å². The van der Waals surface area contributed by atoms with Crippen LogP contribution in [0.4, 0.5) is 0 Å². The normalized spacial score (nSPS) is 19.6. The maximum absolute atomic E-state index is 12.2. The molecule has 1 saturated heterocycles. The largest absolute Gasteiger partial charge is 0.354 e. The third kappa shape index (κ3) is 5.41. The summed E-state index contributed by atoms with van der Waals surface area (Å²) in [7, 11) is 0. The van der Waals surface area contributed by atoms with Gasteiger partial charge >= 0.3 is 0 Å². The molecule has 1 rings (SSSR count). The van der Waals surface area contributed by atoms with Gasteiger partial charge in [0.15, 0.2) is 0 Å². The van der Waals surface area contributed by atoms with Gasteiger partial charge in [-0.3, -0.25) is 9.69 Å². The standard InChI is InChI=1S/C16H33N3O/c1-12(2)9-14(10-17)16(20)18-11-15(13(3)4)19-7-5-6-8-19/h12-15H,5-11,17H2,1-4H3,(H,18,20). The quantitative estimate of drug-likeness (QED) is 0.714. The molecule has 1 amide bonds. The SMILES string of the molecule is CC(C)CC(CN)C(=O)NCC(C(C)C)N1CCCC1. The van der Waals surface area contributed by atoms with Crippen LogP contribution in [0, 0.1) is 17.8 Å². The van der Waals surface area contributed by atoms with Gasteiger partial charge in [-0.15, -0.1) is 0 Å². The van der Waals surface area contributed by atoms with E-state index in [2.05, 4.69) is 37.9 Å². The highest BCUT2D eigenvalue weighted by atomic mass is 16.1. The van der Waals surface area contributed by atoms with Gasteiger partial charge in [0.2, 0.25) is 5.91 Å².